The minimum atomic E-state index is -0.709. The van der Waals surface area contributed by atoms with E-state index in [1.165, 1.54) is 29.2 Å². The third-order valence-corrected chi connectivity index (χ3v) is 11.6. The highest BCUT2D eigenvalue weighted by molar-refractivity contribution is 6.36. The second-order valence-corrected chi connectivity index (χ2v) is 16.4. The normalized spacial score (nSPS) is 13.6. The first kappa shape index (κ1) is 44.7. The number of nitrogens with zero attached hydrogens (tertiary/aromatic N) is 5. The van der Waals surface area contributed by atoms with Gasteiger partial charge in [-0.05, 0) is 86.1 Å². The van der Waals surface area contributed by atoms with Gasteiger partial charge < -0.3 is 35.8 Å². The first-order chi connectivity index (χ1) is 29.1. The standard InChI is InChI=1S/C45H50Cl2FN7O6/c1-26(2)33-20-34(38(57)21-37(33)56)45(60)53(4)24-28-8-10-29(11-9-28)44(59)50-16-6-5-7-40(58)54-17-14-32(15-18-54)55-25-31(23-52-55)30-19-39(43(49)51-22-30)61-27(3)41-35(46)12-13-36(48)42(41)47/h8-13,19-23,25-27,32,56-57H,5-7,14-18,24H2,1-4H3,(H2,49,51)(H,50,59). The summed E-state index contributed by atoms with van der Waals surface area (Å²) < 4.78 is 22.1. The van der Waals surface area contributed by atoms with Gasteiger partial charge in [-0.2, -0.15) is 5.10 Å². The molecule has 1 aliphatic rings. The predicted molar refractivity (Wildman–Crippen MR) is 232 cm³/mol. The second kappa shape index (κ2) is 19.7. The van der Waals surface area contributed by atoms with Crippen molar-refractivity contribution >= 4 is 46.7 Å². The Morgan fingerprint density at radius 3 is 2.41 bits per heavy atom. The molecule has 0 radical (unpaired) electrons. The van der Waals surface area contributed by atoms with E-state index in [9.17, 15) is 29.0 Å². The van der Waals surface area contributed by atoms with Crippen LogP contribution < -0.4 is 15.8 Å². The number of halogens is 3. The first-order valence-electron chi connectivity index (χ1n) is 20.2. The van der Waals surface area contributed by atoms with E-state index in [1.54, 1.807) is 56.7 Å². The molecule has 1 atom stereocenters. The lowest BCUT2D eigenvalue weighted by Gasteiger charge is -2.32. The number of aromatic hydroxyl groups is 2. The maximum absolute atomic E-state index is 14.1. The van der Waals surface area contributed by atoms with Crippen LogP contribution in [0, 0.1) is 5.82 Å². The van der Waals surface area contributed by atoms with Gasteiger partial charge in [0.1, 0.15) is 23.4 Å². The Morgan fingerprint density at radius 1 is 0.984 bits per heavy atom. The molecule has 1 aliphatic heterocycles. The average molecular weight is 875 g/mol. The van der Waals surface area contributed by atoms with Gasteiger partial charge in [0.2, 0.25) is 5.91 Å². The summed E-state index contributed by atoms with van der Waals surface area (Å²) in [4.78, 5) is 46.6. The van der Waals surface area contributed by atoms with Crippen molar-refractivity contribution in [3.05, 3.63) is 117 Å². The predicted octanol–water partition coefficient (Wildman–Crippen LogP) is 8.68. The van der Waals surface area contributed by atoms with Gasteiger partial charge >= 0.3 is 0 Å². The van der Waals surface area contributed by atoms with Crippen LogP contribution in [0.1, 0.15) is 108 Å². The van der Waals surface area contributed by atoms with Gasteiger partial charge in [0.25, 0.3) is 11.8 Å². The van der Waals surface area contributed by atoms with Crippen LogP contribution in [0.25, 0.3) is 11.1 Å². The largest absolute Gasteiger partial charge is 0.508 e. The number of unbranched alkanes of at least 4 members (excludes halogenated alkanes) is 1. The molecule has 2 aromatic heterocycles. The molecule has 13 nitrogen and oxygen atoms in total. The molecule has 1 saturated heterocycles. The van der Waals surface area contributed by atoms with Crippen LogP contribution in [-0.4, -0.2) is 79.2 Å². The number of amides is 3. The van der Waals surface area contributed by atoms with E-state index in [0.29, 0.717) is 61.3 Å². The molecule has 5 aromatic rings. The number of ether oxygens (including phenoxy) is 1. The number of nitrogens with one attached hydrogen (secondary N) is 1. The molecule has 6 rings (SSSR count). The van der Waals surface area contributed by atoms with Crippen LogP contribution in [0.5, 0.6) is 17.2 Å². The highest BCUT2D eigenvalue weighted by atomic mass is 35.5. The number of rotatable bonds is 15. The van der Waals surface area contributed by atoms with Gasteiger partial charge in [0, 0.05) is 85.4 Å². The lowest BCUT2D eigenvalue weighted by atomic mass is 9.98. The van der Waals surface area contributed by atoms with E-state index in [-0.39, 0.29) is 69.2 Å². The molecule has 61 heavy (non-hydrogen) atoms. The fourth-order valence-corrected chi connectivity index (χ4v) is 8.02. The molecule has 3 aromatic carbocycles. The highest BCUT2D eigenvalue weighted by Gasteiger charge is 2.26. The molecule has 0 bridgehead atoms. The molecule has 1 fully saturated rings. The van der Waals surface area contributed by atoms with Crippen molar-refractivity contribution in [3.63, 3.8) is 0 Å². The lowest BCUT2D eigenvalue weighted by Crippen LogP contribution is -2.39. The summed E-state index contributed by atoms with van der Waals surface area (Å²) in [6.07, 6.45) is 7.76. The van der Waals surface area contributed by atoms with Gasteiger partial charge in [-0.3, -0.25) is 19.1 Å². The Hall–Kier alpha value is -5.86. The lowest BCUT2D eigenvalue weighted by molar-refractivity contribution is -0.132. The topological polar surface area (TPSA) is 176 Å². The molecule has 3 amide bonds. The SMILES string of the molecule is CC(C)c1cc(C(=O)N(C)Cc2ccc(C(=O)NCCCCC(=O)N3CCC(n4cc(-c5cnc(N)c(OC(C)c6c(Cl)ccc(F)c6Cl)c5)cn4)CC3)cc2)c(O)cc1O. The van der Waals surface area contributed by atoms with Crippen LogP contribution in [-0.2, 0) is 11.3 Å². The van der Waals surface area contributed by atoms with E-state index in [0.717, 1.165) is 29.5 Å². The molecule has 1 unspecified atom stereocenters. The number of carbonyl (C=O) groups excluding carboxylic acids is 3. The fourth-order valence-electron chi connectivity index (χ4n) is 7.34. The molecule has 5 N–H and O–H groups in total. The number of nitrogens with two attached hydrogens (primary N) is 1. The van der Waals surface area contributed by atoms with Gasteiger partial charge in [-0.15, -0.1) is 0 Å². The second-order valence-electron chi connectivity index (χ2n) is 15.6. The minimum Gasteiger partial charge on any atom is -0.508 e. The summed E-state index contributed by atoms with van der Waals surface area (Å²) >= 11 is 12.5. The van der Waals surface area contributed by atoms with Crippen molar-refractivity contribution in [1.29, 1.82) is 0 Å². The van der Waals surface area contributed by atoms with Crippen LogP contribution in [0.15, 0.2) is 73.2 Å². The van der Waals surface area contributed by atoms with E-state index in [1.807, 2.05) is 29.6 Å². The summed E-state index contributed by atoms with van der Waals surface area (Å²) in [5, 5.41) is 28.1. The molecule has 0 saturated carbocycles. The number of phenolic OH excluding ortho intramolecular Hbond substituents is 2. The smallest absolute Gasteiger partial charge is 0.257 e. The van der Waals surface area contributed by atoms with Crippen LogP contribution in [0.3, 0.4) is 0 Å². The Balaban J connectivity index is 0.909. The minimum absolute atomic E-state index is 0.0331. The number of pyridine rings is 1. The zero-order valence-electron chi connectivity index (χ0n) is 34.5. The number of anilines is 1. The molecule has 16 heteroatoms. The van der Waals surface area contributed by atoms with Crippen molar-refractivity contribution in [1.82, 2.24) is 29.9 Å². The number of nitrogen functional groups attached to an aromatic ring is 1. The molecule has 0 aliphatic carbocycles. The first-order valence-corrected chi connectivity index (χ1v) is 20.9. The number of phenols is 2. The molecule has 322 valence electrons. The van der Waals surface area contributed by atoms with E-state index in [4.69, 9.17) is 33.7 Å². The van der Waals surface area contributed by atoms with Gasteiger partial charge in [0.15, 0.2) is 11.6 Å². The van der Waals surface area contributed by atoms with E-state index in [2.05, 4.69) is 15.4 Å². The summed E-state index contributed by atoms with van der Waals surface area (Å²) in [6, 6.07) is 14.1. The van der Waals surface area contributed by atoms with Gasteiger partial charge in [-0.25, -0.2) is 9.37 Å². The zero-order chi connectivity index (χ0) is 44.0. The van der Waals surface area contributed by atoms with Crippen molar-refractivity contribution in [2.45, 2.75) is 77.5 Å². The average Bonchev–Trinajstić information content (AvgIpc) is 3.73. The Morgan fingerprint density at radius 2 is 1.70 bits per heavy atom. The number of hydrogen-bond donors (Lipinski definition) is 4. The fraction of sp³-hybridized carbons (Fsp3) is 0.356. The summed E-state index contributed by atoms with van der Waals surface area (Å²) in [6.45, 7) is 7.38. The zero-order valence-corrected chi connectivity index (χ0v) is 36.0. The molecule has 0 spiro atoms. The van der Waals surface area contributed by atoms with Crippen LogP contribution in [0.2, 0.25) is 10.0 Å². The molecular weight excluding hydrogens is 824 g/mol. The van der Waals surface area contributed by atoms with Crippen molar-refractivity contribution in [2.24, 2.45) is 0 Å². The summed E-state index contributed by atoms with van der Waals surface area (Å²) in [5.74, 6) is -1.06. The van der Waals surface area contributed by atoms with Crippen LogP contribution >= 0.6 is 23.2 Å². The van der Waals surface area contributed by atoms with E-state index < -0.39 is 11.9 Å². The number of likely N-dealkylation sites (tertiary alicyclic amines) is 1. The third-order valence-electron chi connectivity index (χ3n) is 10.9. The Kier molecular flexibility index (Phi) is 14.4. The highest BCUT2D eigenvalue weighted by Crippen LogP contribution is 2.38. The Bertz CT molecular complexity index is 2380. The number of piperidine rings is 1. The van der Waals surface area contributed by atoms with Crippen molar-refractivity contribution < 1.29 is 33.7 Å². The van der Waals surface area contributed by atoms with Gasteiger partial charge in [0.05, 0.1) is 22.8 Å². The van der Waals surface area contributed by atoms with Crippen LogP contribution in [0.4, 0.5) is 10.2 Å². The molecular formula is C45H50Cl2FN7O6. The number of aromatic nitrogens is 3. The van der Waals surface area contributed by atoms with Crippen molar-refractivity contribution in [3.8, 4) is 28.4 Å². The quantitative estimate of drug-likeness (QED) is 0.0592. The number of carbonyl (C=O) groups is 3. The maximum Gasteiger partial charge on any atom is 0.257 e. The van der Waals surface area contributed by atoms with Gasteiger partial charge in [-0.1, -0.05) is 49.2 Å². The maximum atomic E-state index is 14.1. The summed E-state index contributed by atoms with van der Waals surface area (Å²) in [5.41, 5.74) is 9.93. The third kappa shape index (κ3) is 10.7. The number of hydrogen-bond acceptors (Lipinski definition) is 9. The number of benzene rings is 3. The summed E-state index contributed by atoms with van der Waals surface area (Å²) in [7, 11) is 1.62. The van der Waals surface area contributed by atoms with E-state index >= 15 is 0 Å². The van der Waals surface area contributed by atoms with Crippen molar-refractivity contribution in [2.75, 3.05) is 32.4 Å². The molecule has 3 heterocycles. The monoisotopic (exact) mass is 873 g/mol. The Labute approximate surface area is 364 Å².